The van der Waals surface area contributed by atoms with Crippen molar-refractivity contribution < 1.29 is 9.00 Å². The average molecular weight is 264 g/mol. The van der Waals surface area contributed by atoms with Crippen molar-refractivity contribution in [3.05, 3.63) is 0 Å². The van der Waals surface area contributed by atoms with Gasteiger partial charge in [-0.2, -0.15) is 0 Å². The van der Waals surface area contributed by atoms with Crippen LogP contribution in [-0.2, 0) is 15.6 Å². The van der Waals surface area contributed by atoms with Crippen LogP contribution in [0.25, 0.3) is 0 Å². The van der Waals surface area contributed by atoms with Crippen molar-refractivity contribution in [3.8, 4) is 0 Å². The smallest absolute Gasteiger partial charge is 0.229 e. The Labute approximate surface area is 105 Å². The number of carbonyl (C=O) groups is 1. The maximum Gasteiger partial charge on any atom is 0.229 e. The fraction of sp³-hybridized carbons (Fsp3) is 0.800. The first-order valence-electron chi connectivity index (χ1n) is 5.36. The Bertz CT molecular complexity index is 270. The van der Waals surface area contributed by atoms with Crippen molar-refractivity contribution in [2.75, 3.05) is 18.6 Å². The molecule has 16 heavy (non-hydrogen) atoms. The number of carbonyl (C=O) groups excluding carboxylic acids is 1. The lowest BCUT2D eigenvalue weighted by molar-refractivity contribution is -0.123. The third-order valence-corrected chi connectivity index (χ3v) is 3.29. The van der Waals surface area contributed by atoms with Gasteiger partial charge < -0.3 is 11.1 Å². The molecule has 0 spiro atoms. The SMILES string of the molecule is CCCC(C(=O)NCCCS(C)=O)C(N)=S. The van der Waals surface area contributed by atoms with E-state index < -0.39 is 10.8 Å². The second kappa shape index (κ2) is 8.64. The molecule has 0 saturated heterocycles. The molecule has 0 aliphatic carbocycles. The van der Waals surface area contributed by atoms with Gasteiger partial charge in [0, 0.05) is 29.4 Å². The van der Waals surface area contributed by atoms with Crippen LogP contribution in [0.1, 0.15) is 26.2 Å². The van der Waals surface area contributed by atoms with Crippen molar-refractivity contribution in [3.63, 3.8) is 0 Å². The van der Waals surface area contributed by atoms with E-state index in [9.17, 15) is 9.00 Å². The first-order chi connectivity index (χ1) is 7.49. The zero-order valence-electron chi connectivity index (χ0n) is 9.82. The Hall–Kier alpha value is -0.490. The van der Waals surface area contributed by atoms with E-state index in [-0.39, 0.29) is 16.8 Å². The highest BCUT2D eigenvalue weighted by atomic mass is 32.2. The minimum absolute atomic E-state index is 0.115. The molecule has 6 heteroatoms. The van der Waals surface area contributed by atoms with Gasteiger partial charge in [0.05, 0.1) is 10.9 Å². The van der Waals surface area contributed by atoms with Crippen LogP contribution in [0.15, 0.2) is 0 Å². The number of hydrogen-bond acceptors (Lipinski definition) is 3. The minimum atomic E-state index is -0.805. The highest BCUT2D eigenvalue weighted by Gasteiger charge is 2.19. The van der Waals surface area contributed by atoms with E-state index in [4.69, 9.17) is 18.0 Å². The van der Waals surface area contributed by atoms with E-state index in [1.165, 1.54) is 0 Å². The number of thiocarbonyl (C=S) groups is 1. The number of amides is 1. The summed E-state index contributed by atoms with van der Waals surface area (Å²) in [6.07, 6.45) is 3.91. The van der Waals surface area contributed by atoms with E-state index >= 15 is 0 Å². The Morgan fingerprint density at radius 1 is 1.56 bits per heavy atom. The molecule has 0 aliphatic rings. The summed E-state index contributed by atoms with van der Waals surface area (Å²) in [4.78, 5) is 11.9. The molecule has 0 aromatic heterocycles. The molecule has 2 unspecified atom stereocenters. The fourth-order valence-corrected chi connectivity index (χ4v) is 2.08. The number of hydrogen-bond donors (Lipinski definition) is 2. The van der Waals surface area contributed by atoms with Crippen LogP contribution in [0, 0.1) is 5.92 Å². The fourth-order valence-electron chi connectivity index (χ4n) is 1.30. The molecule has 1 amide bonds. The van der Waals surface area contributed by atoms with Crippen LogP contribution in [0.5, 0.6) is 0 Å². The van der Waals surface area contributed by atoms with Gasteiger partial charge in [-0.05, 0) is 12.8 Å². The Balaban J connectivity index is 3.92. The monoisotopic (exact) mass is 264 g/mol. The first kappa shape index (κ1) is 15.5. The highest BCUT2D eigenvalue weighted by Crippen LogP contribution is 2.06. The van der Waals surface area contributed by atoms with Gasteiger partial charge >= 0.3 is 0 Å². The topological polar surface area (TPSA) is 72.2 Å². The molecular weight excluding hydrogens is 244 g/mol. The summed E-state index contributed by atoms with van der Waals surface area (Å²) in [6.45, 7) is 2.51. The Morgan fingerprint density at radius 3 is 2.62 bits per heavy atom. The summed E-state index contributed by atoms with van der Waals surface area (Å²) >= 11 is 4.85. The molecule has 0 heterocycles. The van der Waals surface area contributed by atoms with Crippen molar-refractivity contribution in [1.82, 2.24) is 5.32 Å². The molecule has 0 saturated carbocycles. The van der Waals surface area contributed by atoms with Gasteiger partial charge in [0.25, 0.3) is 0 Å². The average Bonchev–Trinajstić information content (AvgIpc) is 2.19. The number of rotatable bonds is 8. The van der Waals surface area contributed by atoms with Crippen molar-refractivity contribution >= 4 is 33.9 Å². The highest BCUT2D eigenvalue weighted by molar-refractivity contribution is 7.84. The summed E-state index contributed by atoms with van der Waals surface area (Å²) in [6, 6.07) is 0. The normalized spacial score (nSPS) is 14.1. The van der Waals surface area contributed by atoms with Gasteiger partial charge in [0.1, 0.15) is 0 Å². The van der Waals surface area contributed by atoms with Crippen molar-refractivity contribution in [2.45, 2.75) is 26.2 Å². The van der Waals surface area contributed by atoms with Crippen LogP contribution < -0.4 is 11.1 Å². The largest absolute Gasteiger partial charge is 0.393 e. The molecular formula is C10H20N2O2S2. The van der Waals surface area contributed by atoms with E-state index in [0.29, 0.717) is 25.1 Å². The molecule has 0 aromatic rings. The molecule has 2 atom stereocenters. The van der Waals surface area contributed by atoms with Crippen LogP contribution in [0.4, 0.5) is 0 Å². The first-order valence-corrected chi connectivity index (χ1v) is 7.49. The van der Waals surface area contributed by atoms with Crippen LogP contribution >= 0.6 is 12.2 Å². The van der Waals surface area contributed by atoms with Crippen molar-refractivity contribution in [2.24, 2.45) is 11.7 Å². The van der Waals surface area contributed by atoms with Gasteiger partial charge in [-0.1, -0.05) is 25.6 Å². The summed E-state index contributed by atoms with van der Waals surface area (Å²) in [5.41, 5.74) is 5.50. The third kappa shape index (κ3) is 6.90. The zero-order chi connectivity index (χ0) is 12.6. The van der Waals surface area contributed by atoms with Crippen LogP contribution in [0.3, 0.4) is 0 Å². The third-order valence-electron chi connectivity index (χ3n) is 2.15. The standard InChI is InChI=1S/C10H20N2O2S2/c1-3-5-8(9(11)15)10(13)12-6-4-7-16(2)14/h8H,3-7H2,1-2H3,(H2,11,15)(H,12,13). The summed E-state index contributed by atoms with van der Waals surface area (Å²) in [5.74, 6) is 0.120. The maximum absolute atomic E-state index is 11.7. The Morgan fingerprint density at radius 2 is 2.19 bits per heavy atom. The molecule has 0 bridgehead atoms. The molecule has 0 aliphatic heterocycles. The molecule has 4 nitrogen and oxygen atoms in total. The van der Waals surface area contributed by atoms with Gasteiger partial charge in [-0.15, -0.1) is 0 Å². The van der Waals surface area contributed by atoms with Gasteiger partial charge in [0.15, 0.2) is 0 Å². The summed E-state index contributed by atoms with van der Waals surface area (Å²) < 4.78 is 10.8. The van der Waals surface area contributed by atoms with Crippen LogP contribution in [0.2, 0.25) is 0 Å². The molecule has 94 valence electrons. The molecule has 0 radical (unpaired) electrons. The predicted octanol–water partition coefficient (Wildman–Crippen LogP) is 0.574. The second-order valence-electron chi connectivity index (χ2n) is 3.67. The maximum atomic E-state index is 11.7. The zero-order valence-corrected chi connectivity index (χ0v) is 11.5. The van der Waals surface area contributed by atoms with Crippen LogP contribution in [-0.4, -0.2) is 33.7 Å². The number of nitrogens with one attached hydrogen (secondary N) is 1. The molecule has 0 fully saturated rings. The molecule has 3 N–H and O–H groups in total. The van der Waals surface area contributed by atoms with E-state index in [1.54, 1.807) is 6.26 Å². The lowest BCUT2D eigenvalue weighted by Gasteiger charge is -2.14. The van der Waals surface area contributed by atoms with E-state index in [1.807, 2.05) is 6.92 Å². The molecule has 0 rings (SSSR count). The van der Waals surface area contributed by atoms with E-state index in [0.717, 1.165) is 6.42 Å². The summed E-state index contributed by atoms with van der Waals surface area (Å²) in [5, 5.41) is 2.76. The predicted molar refractivity (Wildman–Crippen MR) is 71.7 cm³/mol. The summed E-state index contributed by atoms with van der Waals surface area (Å²) in [7, 11) is -0.805. The second-order valence-corrected chi connectivity index (χ2v) is 5.69. The van der Waals surface area contributed by atoms with E-state index in [2.05, 4.69) is 5.32 Å². The van der Waals surface area contributed by atoms with Gasteiger partial charge in [0.2, 0.25) is 5.91 Å². The minimum Gasteiger partial charge on any atom is -0.393 e. The number of nitrogens with two attached hydrogens (primary N) is 1. The van der Waals surface area contributed by atoms with Crippen molar-refractivity contribution in [1.29, 1.82) is 0 Å². The lowest BCUT2D eigenvalue weighted by atomic mass is 10.0. The van der Waals surface area contributed by atoms with Gasteiger partial charge in [-0.3, -0.25) is 9.00 Å². The Kier molecular flexibility index (Phi) is 8.37. The lowest BCUT2D eigenvalue weighted by Crippen LogP contribution is -2.38. The molecule has 0 aromatic carbocycles. The quantitative estimate of drug-likeness (QED) is 0.497. The van der Waals surface area contributed by atoms with Gasteiger partial charge in [-0.25, -0.2) is 0 Å².